The molecule has 0 N–H and O–H groups in total. The highest BCUT2D eigenvalue weighted by atomic mass is 35.5. The molecule has 5 nitrogen and oxygen atoms in total. The van der Waals surface area contributed by atoms with Crippen LogP contribution >= 0.6 is 11.6 Å². The third-order valence-corrected chi connectivity index (χ3v) is 4.69. The quantitative estimate of drug-likeness (QED) is 0.772. The van der Waals surface area contributed by atoms with Crippen LogP contribution in [-0.4, -0.2) is 50.1 Å². The summed E-state index contributed by atoms with van der Waals surface area (Å²) in [6, 6.07) is 11.4. The van der Waals surface area contributed by atoms with E-state index in [0.717, 1.165) is 5.69 Å². The van der Waals surface area contributed by atoms with Gasteiger partial charge in [-0.2, -0.15) is 0 Å². The van der Waals surface area contributed by atoms with Crippen molar-refractivity contribution < 1.29 is 18.7 Å². The van der Waals surface area contributed by atoms with E-state index in [0.29, 0.717) is 31.7 Å². The van der Waals surface area contributed by atoms with E-state index >= 15 is 0 Å². The van der Waals surface area contributed by atoms with E-state index in [2.05, 4.69) is 4.90 Å². The second-order valence-electron chi connectivity index (χ2n) is 5.92. The lowest BCUT2D eigenvalue weighted by Gasteiger charge is -2.36. The van der Waals surface area contributed by atoms with E-state index in [1.807, 2.05) is 6.07 Å². The van der Waals surface area contributed by atoms with Gasteiger partial charge in [0.1, 0.15) is 5.82 Å². The zero-order valence-electron chi connectivity index (χ0n) is 14.2. The summed E-state index contributed by atoms with van der Waals surface area (Å²) >= 11 is 5.99. The SMILES string of the molecule is COC(=O)c1cccc(N2CCN(C(=O)c3c(F)cccc3Cl)CC2)c1. The monoisotopic (exact) mass is 376 g/mol. The number of amides is 1. The number of rotatable bonds is 3. The van der Waals surface area contributed by atoms with Crippen LogP contribution in [0.15, 0.2) is 42.5 Å². The van der Waals surface area contributed by atoms with Crippen LogP contribution in [0.2, 0.25) is 5.02 Å². The van der Waals surface area contributed by atoms with Gasteiger partial charge in [-0.15, -0.1) is 0 Å². The van der Waals surface area contributed by atoms with Crippen molar-refractivity contribution in [2.75, 3.05) is 38.2 Å². The number of hydrogen-bond donors (Lipinski definition) is 0. The minimum atomic E-state index is -0.615. The molecule has 0 aliphatic carbocycles. The molecule has 3 rings (SSSR count). The average molecular weight is 377 g/mol. The van der Waals surface area contributed by atoms with E-state index in [1.54, 1.807) is 23.1 Å². The summed E-state index contributed by atoms with van der Waals surface area (Å²) in [5, 5.41) is 0.114. The first-order chi connectivity index (χ1) is 12.5. The van der Waals surface area contributed by atoms with Crippen molar-refractivity contribution in [1.82, 2.24) is 4.90 Å². The van der Waals surface area contributed by atoms with Crippen molar-refractivity contribution >= 4 is 29.2 Å². The normalized spacial score (nSPS) is 14.3. The number of carbonyl (C=O) groups is 2. The van der Waals surface area contributed by atoms with Gasteiger partial charge in [-0.25, -0.2) is 9.18 Å². The Labute approximate surface area is 155 Å². The minimum absolute atomic E-state index is 0.0877. The van der Waals surface area contributed by atoms with E-state index in [4.69, 9.17) is 16.3 Å². The average Bonchev–Trinajstić information content (AvgIpc) is 2.67. The molecule has 0 spiro atoms. The van der Waals surface area contributed by atoms with Crippen LogP contribution in [0.3, 0.4) is 0 Å². The van der Waals surface area contributed by atoms with Crippen LogP contribution in [0.4, 0.5) is 10.1 Å². The van der Waals surface area contributed by atoms with Gasteiger partial charge in [0.15, 0.2) is 0 Å². The Morgan fingerprint density at radius 3 is 2.42 bits per heavy atom. The van der Waals surface area contributed by atoms with E-state index in [9.17, 15) is 14.0 Å². The molecule has 2 aromatic carbocycles. The highest BCUT2D eigenvalue weighted by Crippen LogP contribution is 2.23. The van der Waals surface area contributed by atoms with Crippen LogP contribution in [0, 0.1) is 5.82 Å². The van der Waals surface area contributed by atoms with Gasteiger partial charge in [-0.1, -0.05) is 23.7 Å². The molecule has 0 atom stereocenters. The van der Waals surface area contributed by atoms with Crippen LogP contribution in [0.5, 0.6) is 0 Å². The number of carbonyl (C=O) groups excluding carboxylic acids is 2. The molecule has 0 radical (unpaired) electrons. The number of benzene rings is 2. The minimum Gasteiger partial charge on any atom is -0.465 e. The number of anilines is 1. The van der Waals surface area contributed by atoms with Gasteiger partial charge >= 0.3 is 5.97 Å². The number of methoxy groups -OCH3 is 1. The molecule has 1 amide bonds. The molecule has 1 saturated heterocycles. The summed E-state index contributed by atoms with van der Waals surface area (Å²) in [4.78, 5) is 27.9. The van der Waals surface area contributed by atoms with Crippen LogP contribution in [-0.2, 0) is 4.74 Å². The van der Waals surface area contributed by atoms with Crippen LogP contribution in [0.25, 0.3) is 0 Å². The van der Waals surface area contributed by atoms with Gasteiger partial charge in [0.25, 0.3) is 5.91 Å². The van der Waals surface area contributed by atoms with Gasteiger partial charge in [-0.05, 0) is 30.3 Å². The zero-order valence-corrected chi connectivity index (χ0v) is 15.0. The number of nitrogens with zero attached hydrogens (tertiary/aromatic N) is 2. The first-order valence-corrected chi connectivity index (χ1v) is 8.55. The Kier molecular flexibility index (Phi) is 5.42. The Hall–Kier alpha value is -2.60. The molecule has 2 aromatic rings. The molecule has 0 aromatic heterocycles. The van der Waals surface area contributed by atoms with Crippen molar-refractivity contribution in [3.05, 3.63) is 64.4 Å². The lowest BCUT2D eigenvalue weighted by molar-refractivity contribution is 0.0600. The molecule has 0 unspecified atom stereocenters. The van der Waals surface area contributed by atoms with Crippen molar-refractivity contribution in [1.29, 1.82) is 0 Å². The highest BCUT2D eigenvalue weighted by Gasteiger charge is 2.26. The largest absolute Gasteiger partial charge is 0.465 e. The van der Waals surface area contributed by atoms with Crippen molar-refractivity contribution in [3.8, 4) is 0 Å². The van der Waals surface area contributed by atoms with Crippen molar-refractivity contribution in [2.24, 2.45) is 0 Å². The maximum Gasteiger partial charge on any atom is 0.337 e. The Balaban J connectivity index is 1.70. The molecule has 7 heteroatoms. The maximum atomic E-state index is 14.0. The number of hydrogen-bond acceptors (Lipinski definition) is 4. The fourth-order valence-corrected chi connectivity index (χ4v) is 3.22. The van der Waals surface area contributed by atoms with Gasteiger partial charge < -0.3 is 14.5 Å². The first kappa shape index (κ1) is 18.2. The summed E-state index contributed by atoms with van der Waals surface area (Å²) in [7, 11) is 1.34. The summed E-state index contributed by atoms with van der Waals surface area (Å²) in [5.41, 5.74) is 1.26. The smallest absolute Gasteiger partial charge is 0.337 e. The summed E-state index contributed by atoms with van der Waals surface area (Å²) in [5.74, 6) is -1.42. The van der Waals surface area contributed by atoms with Gasteiger partial charge in [0, 0.05) is 31.9 Å². The van der Waals surface area contributed by atoms with Crippen molar-refractivity contribution in [3.63, 3.8) is 0 Å². The van der Waals surface area contributed by atoms with Crippen LogP contribution < -0.4 is 4.90 Å². The fraction of sp³-hybridized carbons (Fsp3) is 0.263. The van der Waals surface area contributed by atoms with Crippen molar-refractivity contribution in [2.45, 2.75) is 0 Å². The standard InChI is InChI=1S/C19H18ClFN2O3/c1-26-19(25)13-4-2-5-14(12-13)22-8-10-23(11-9-22)18(24)17-15(20)6-3-7-16(17)21/h2-7,12H,8-11H2,1H3. The molecule has 136 valence electrons. The molecule has 1 fully saturated rings. The Morgan fingerprint density at radius 2 is 1.77 bits per heavy atom. The van der Waals surface area contributed by atoms with Gasteiger partial charge in [-0.3, -0.25) is 4.79 Å². The molecule has 1 aliphatic rings. The number of piperazine rings is 1. The highest BCUT2D eigenvalue weighted by molar-refractivity contribution is 6.33. The van der Waals surface area contributed by atoms with E-state index in [-0.39, 0.29) is 10.6 Å². The number of esters is 1. The molecule has 0 bridgehead atoms. The second kappa shape index (κ2) is 7.74. The molecule has 1 heterocycles. The summed E-state index contributed by atoms with van der Waals surface area (Å²) in [6.07, 6.45) is 0. The summed E-state index contributed by atoms with van der Waals surface area (Å²) in [6.45, 7) is 2.02. The predicted molar refractivity (Wildman–Crippen MR) is 97.3 cm³/mol. The first-order valence-electron chi connectivity index (χ1n) is 8.18. The topological polar surface area (TPSA) is 49.9 Å². The lowest BCUT2D eigenvalue weighted by atomic mass is 10.1. The predicted octanol–water partition coefficient (Wildman–Crippen LogP) is 3.23. The molecule has 0 saturated carbocycles. The van der Waals surface area contributed by atoms with Gasteiger partial charge in [0.05, 0.1) is 23.3 Å². The third-order valence-electron chi connectivity index (χ3n) is 4.38. The van der Waals surface area contributed by atoms with Gasteiger partial charge in [0.2, 0.25) is 0 Å². The molecular formula is C19H18ClFN2O3. The van der Waals surface area contributed by atoms with E-state index < -0.39 is 17.7 Å². The Morgan fingerprint density at radius 1 is 1.08 bits per heavy atom. The second-order valence-corrected chi connectivity index (χ2v) is 6.33. The molecular weight excluding hydrogens is 359 g/mol. The third kappa shape index (κ3) is 3.65. The van der Waals surface area contributed by atoms with Crippen LogP contribution in [0.1, 0.15) is 20.7 Å². The summed E-state index contributed by atoms with van der Waals surface area (Å²) < 4.78 is 18.7. The number of halogens is 2. The zero-order chi connectivity index (χ0) is 18.7. The molecule has 1 aliphatic heterocycles. The Bertz CT molecular complexity index is 815. The lowest BCUT2D eigenvalue weighted by Crippen LogP contribution is -2.49. The molecule has 26 heavy (non-hydrogen) atoms. The maximum absolute atomic E-state index is 14.0. The number of ether oxygens (including phenoxy) is 1. The van der Waals surface area contributed by atoms with E-state index in [1.165, 1.54) is 25.3 Å². The fourth-order valence-electron chi connectivity index (χ4n) is 2.98.